The summed E-state index contributed by atoms with van der Waals surface area (Å²) >= 11 is 6.04. The minimum atomic E-state index is -0.583. The van der Waals surface area contributed by atoms with Crippen LogP contribution in [0.5, 0.6) is 5.75 Å². The van der Waals surface area contributed by atoms with Crippen molar-refractivity contribution < 1.29 is 9.84 Å². The van der Waals surface area contributed by atoms with E-state index in [2.05, 4.69) is 10.3 Å². The van der Waals surface area contributed by atoms with Crippen LogP contribution in [0.4, 0.5) is 0 Å². The molecule has 5 heteroatoms. The van der Waals surface area contributed by atoms with Crippen LogP contribution in [0.3, 0.4) is 0 Å². The molecule has 112 valence electrons. The fourth-order valence-electron chi connectivity index (χ4n) is 2.15. The number of pyridine rings is 1. The fourth-order valence-corrected chi connectivity index (χ4v) is 2.33. The summed E-state index contributed by atoms with van der Waals surface area (Å²) in [7, 11) is 1.63. The first-order valence-electron chi connectivity index (χ1n) is 6.76. The number of halogens is 1. The molecule has 2 rings (SSSR count). The minimum absolute atomic E-state index is 0.00939. The molecule has 2 atom stereocenters. The van der Waals surface area contributed by atoms with Gasteiger partial charge in [-0.1, -0.05) is 11.6 Å². The SMILES string of the molecule is COc1ccc(Cl)cc1C(C)NCC(O)c1ccncc1. The van der Waals surface area contributed by atoms with Crippen LogP contribution in [0.2, 0.25) is 5.02 Å². The predicted octanol–water partition coefficient (Wildman–Crippen LogP) is 3.13. The normalized spacial score (nSPS) is 13.7. The van der Waals surface area contributed by atoms with E-state index in [0.29, 0.717) is 11.6 Å². The number of aromatic nitrogens is 1. The van der Waals surface area contributed by atoms with E-state index < -0.39 is 6.10 Å². The smallest absolute Gasteiger partial charge is 0.123 e. The van der Waals surface area contributed by atoms with Crippen LogP contribution >= 0.6 is 11.6 Å². The number of aliphatic hydroxyl groups is 1. The van der Waals surface area contributed by atoms with Crippen molar-refractivity contribution in [1.29, 1.82) is 0 Å². The Balaban J connectivity index is 2.02. The second-order valence-corrected chi connectivity index (χ2v) is 5.25. The summed E-state index contributed by atoms with van der Waals surface area (Å²) in [5.74, 6) is 0.776. The number of nitrogens with one attached hydrogen (secondary N) is 1. The molecule has 0 saturated carbocycles. The Morgan fingerprint density at radius 3 is 2.67 bits per heavy atom. The molecule has 2 aromatic rings. The van der Waals surface area contributed by atoms with E-state index in [1.807, 2.05) is 19.1 Å². The lowest BCUT2D eigenvalue weighted by atomic mass is 10.1. The summed E-state index contributed by atoms with van der Waals surface area (Å²) in [6.07, 6.45) is 2.75. The second kappa shape index (κ2) is 7.41. The predicted molar refractivity (Wildman–Crippen MR) is 83.6 cm³/mol. The van der Waals surface area contributed by atoms with E-state index >= 15 is 0 Å². The molecule has 1 heterocycles. The lowest BCUT2D eigenvalue weighted by molar-refractivity contribution is 0.170. The van der Waals surface area contributed by atoms with Gasteiger partial charge in [-0.25, -0.2) is 0 Å². The molecule has 2 N–H and O–H groups in total. The van der Waals surface area contributed by atoms with Gasteiger partial charge in [0, 0.05) is 35.6 Å². The van der Waals surface area contributed by atoms with Gasteiger partial charge in [0.1, 0.15) is 5.75 Å². The Hall–Kier alpha value is -1.62. The summed E-state index contributed by atoms with van der Waals surface area (Å²) in [5.41, 5.74) is 1.80. The molecule has 0 bridgehead atoms. The zero-order valence-corrected chi connectivity index (χ0v) is 12.8. The lowest BCUT2D eigenvalue weighted by Gasteiger charge is -2.20. The first-order chi connectivity index (χ1) is 10.1. The first kappa shape index (κ1) is 15.8. The van der Waals surface area contributed by atoms with E-state index in [9.17, 15) is 5.11 Å². The number of nitrogens with zero attached hydrogens (tertiary/aromatic N) is 1. The van der Waals surface area contributed by atoms with Crippen molar-refractivity contribution in [1.82, 2.24) is 10.3 Å². The van der Waals surface area contributed by atoms with E-state index in [4.69, 9.17) is 16.3 Å². The molecule has 21 heavy (non-hydrogen) atoms. The average Bonchev–Trinajstić information content (AvgIpc) is 2.53. The maximum absolute atomic E-state index is 10.1. The van der Waals surface area contributed by atoms with Gasteiger partial charge in [0.2, 0.25) is 0 Å². The van der Waals surface area contributed by atoms with Crippen LogP contribution in [0.1, 0.15) is 30.2 Å². The highest BCUT2D eigenvalue weighted by Crippen LogP contribution is 2.28. The molecule has 0 aliphatic carbocycles. The number of hydrogen-bond donors (Lipinski definition) is 2. The van der Waals surface area contributed by atoms with Gasteiger partial charge in [0.05, 0.1) is 13.2 Å². The highest BCUT2D eigenvalue weighted by atomic mass is 35.5. The first-order valence-corrected chi connectivity index (χ1v) is 7.14. The second-order valence-electron chi connectivity index (χ2n) is 4.81. The van der Waals surface area contributed by atoms with Crippen LogP contribution in [0, 0.1) is 0 Å². The van der Waals surface area contributed by atoms with Crippen LogP contribution < -0.4 is 10.1 Å². The van der Waals surface area contributed by atoms with Gasteiger partial charge in [-0.2, -0.15) is 0 Å². The van der Waals surface area contributed by atoms with Crippen molar-refractivity contribution in [2.24, 2.45) is 0 Å². The summed E-state index contributed by atoms with van der Waals surface area (Å²) in [5, 5.41) is 14.1. The molecule has 0 radical (unpaired) electrons. The zero-order valence-electron chi connectivity index (χ0n) is 12.1. The Labute approximate surface area is 129 Å². The van der Waals surface area contributed by atoms with Crippen molar-refractivity contribution in [3.05, 3.63) is 58.9 Å². The number of aliphatic hydroxyl groups excluding tert-OH is 1. The Morgan fingerprint density at radius 2 is 2.00 bits per heavy atom. The lowest BCUT2D eigenvalue weighted by Crippen LogP contribution is -2.25. The monoisotopic (exact) mass is 306 g/mol. The van der Waals surface area contributed by atoms with E-state index in [1.54, 1.807) is 37.7 Å². The number of rotatable bonds is 6. The number of methoxy groups -OCH3 is 1. The largest absolute Gasteiger partial charge is 0.496 e. The highest BCUT2D eigenvalue weighted by Gasteiger charge is 2.14. The Bertz CT molecular complexity index is 578. The fraction of sp³-hybridized carbons (Fsp3) is 0.312. The van der Waals surface area contributed by atoms with Crippen molar-refractivity contribution in [3.8, 4) is 5.75 Å². The molecule has 2 unspecified atom stereocenters. The van der Waals surface area contributed by atoms with Gasteiger partial charge in [0.25, 0.3) is 0 Å². The summed E-state index contributed by atoms with van der Waals surface area (Å²) in [6, 6.07) is 9.12. The van der Waals surface area contributed by atoms with Gasteiger partial charge in [0.15, 0.2) is 0 Å². The summed E-state index contributed by atoms with van der Waals surface area (Å²) < 4.78 is 5.34. The number of ether oxygens (including phenoxy) is 1. The molecule has 0 spiro atoms. The van der Waals surface area contributed by atoms with Crippen molar-refractivity contribution >= 4 is 11.6 Å². The zero-order chi connectivity index (χ0) is 15.2. The summed E-state index contributed by atoms with van der Waals surface area (Å²) in [4.78, 5) is 3.94. The maximum Gasteiger partial charge on any atom is 0.123 e. The highest BCUT2D eigenvalue weighted by molar-refractivity contribution is 6.30. The van der Waals surface area contributed by atoms with Crippen LogP contribution in [0.15, 0.2) is 42.7 Å². The summed E-state index contributed by atoms with van der Waals surface area (Å²) in [6.45, 7) is 2.44. The third kappa shape index (κ3) is 4.17. The van der Waals surface area contributed by atoms with E-state index in [1.165, 1.54) is 0 Å². The van der Waals surface area contributed by atoms with Gasteiger partial charge >= 0.3 is 0 Å². The van der Waals surface area contributed by atoms with Gasteiger partial charge in [-0.3, -0.25) is 4.98 Å². The third-order valence-electron chi connectivity index (χ3n) is 3.37. The van der Waals surface area contributed by atoms with Crippen LogP contribution in [-0.2, 0) is 0 Å². The van der Waals surface area contributed by atoms with Crippen LogP contribution in [-0.4, -0.2) is 23.7 Å². The van der Waals surface area contributed by atoms with Crippen LogP contribution in [0.25, 0.3) is 0 Å². The quantitative estimate of drug-likeness (QED) is 0.861. The molecular formula is C16H19ClN2O2. The number of hydrogen-bond acceptors (Lipinski definition) is 4. The molecule has 0 aliphatic heterocycles. The molecule has 1 aromatic heterocycles. The minimum Gasteiger partial charge on any atom is -0.496 e. The average molecular weight is 307 g/mol. The number of benzene rings is 1. The molecule has 0 fully saturated rings. The third-order valence-corrected chi connectivity index (χ3v) is 3.60. The van der Waals surface area contributed by atoms with Crippen molar-refractivity contribution in [2.75, 3.05) is 13.7 Å². The molecule has 1 aromatic carbocycles. The van der Waals surface area contributed by atoms with E-state index in [-0.39, 0.29) is 6.04 Å². The Morgan fingerprint density at radius 1 is 1.29 bits per heavy atom. The molecule has 0 saturated heterocycles. The van der Waals surface area contributed by atoms with Gasteiger partial charge in [-0.15, -0.1) is 0 Å². The molecular weight excluding hydrogens is 288 g/mol. The van der Waals surface area contributed by atoms with E-state index in [0.717, 1.165) is 16.9 Å². The van der Waals surface area contributed by atoms with Crippen molar-refractivity contribution in [3.63, 3.8) is 0 Å². The topological polar surface area (TPSA) is 54.4 Å². The molecule has 4 nitrogen and oxygen atoms in total. The molecule has 0 amide bonds. The van der Waals surface area contributed by atoms with Crippen molar-refractivity contribution in [2.45, 2.75) is 19.1 Å². The van der Waals surface area contributed by atoms with Gasteiger partial charge < -0.3 is 15.2 Å². The Kier molecular flexibility index (Phi) is 5.56. The maximum atomic E-state index is 10.1. The molecule has 0 aliphatic rings. The standard InChI is InChI=1S/C16H19ClN2O2/c1-11(14-9-13(17)3-4-16(14)21-2)19-10-15(20)12-5-7-18-8-6-12/h3-9,11,15,19-20H,10H2,1-2H3. The van der Waals surface area contributed by atoms with Gasteiger partial charge in [-0.05, 0) is 42.8 Å².